The molecular formula is C13H22ClNO. The van der Waals surface area contributed by atoms with Crippen LogP contribution < -0.4 is 5.73 Å². The maximum atomic E-state index is 9.28. The topological polar surface area (TPSA) is 46.2 Å². The Bertz CT molecular complexity index is 330. The third kappa shape index (κ3) is 3.48. The summed E-state index contributed by atoms with van der Waals surface area (Å²) < 4.78 is 0. The summed E-state index contributed by atoms with van der Waals surface area (Å²) in [5, 5.41) is 9.28. The van der Waals surface area contributed by atoms with Gasteiger partial charge in [0, 0.05) is 18.1 Å². The van der Waals surface area contributed by atoms with Crippen molar-refractivity contribution in [2.75, 3.05) is 6.61 Å². The van der Waals surface area contributed by atoms with Crippen LogP contribution in [0.15, 0.2) is 18.2 Å². The predicted molar refractivity (Wildman–Crippen MR) is 71.0 cm³/mol. The number of rotatable bonds is 3. The third-order valence-electron chi connectivity index (χ3n) is 2.85. The van der Waals surface area contributed by atoms with Crippen molar-refractivity contribution in [3.05, 3.63) is 34.9 Å². The quantitative estimate of drug-likeness (QED) is 0.858. The molecule has 16 heavy (non-hydrogen) atoms. The molecule has 0 unspecified atom stereocenters. The smallest absolute Gasteiger partial charge is 0.0500 e. The molecule has 0 aliphatic carbocycles. The molecule has 0 heterocycles. The lowest BCUT2D eigenvalue weighted by molar-refractivity contribution is 0.132. The van der Waals surface area contributed by atoms with Crippen molar-refractivity contribution in [1.82, 2.24) is 0 Å². The van der Waals surface area contributed by atoms with Crippen molar-refractivity contribution in [2.24, 2.45) is 11.1 Å². The van der Waals surface area contributed by atoms with Crippen molar-refractivity contribution in [3.8, 4) is 0 Å². The van der Waals surface area contributed by atoms with Crippen molar-refractivity contribution < 1.29 is 5.11 Å². The van der Waals surface area contributed by atoms with Gasteiger partial charge in [-0.2, -0.15) is 0 Å². The molecule has 0 amide bonds. The highest BCUT2D eigenvalue weighted by Gasteiger charge is 2.26. The summed E-state index contributed by atoms with van der Waals surface area (Å²) in [6, 6.07) is 6.19. The Hall–Kier alpha value is -0.570. The lowest BCUT2D eigenvalue weighted by Crippen LogP contribution is -2.32. The Morgan fingerprint density at radius 2 is 1.62 bits per heavy atom. The van der Waals surface area contributed by atoms with Crippen LogP contribution in [0.4, 0.5) is 0 Å². The van der Waals surface area contributed by atoms with Gasteiger partial charge in [-0.3, -0.25) is 0 Å². The summed E-state index contributed by atoms with van der Waals surface area (Å²) >= 11 is 0. The molecule has 1 aromatic rings. The molecule has 0 saturated carbocycles. The van der Waals surface area contributed by atoms with E-state index in [1.807, 2.05) is 13.8 Å². The Morgan fingerprint density at radius 1 is 1.19 bits per heavy atom. The van der Waals surface area contributed by atoms with Crippen LogP contribution in [0, 0.1) is 19.3 Å². The standard InChI is InChI=1S/C13H21NO.ClH/c1-9-5-10(2)7-11(6-9)12(14)13(3,4)8-15;/h5-7,12,15H,8,14H2,1-4H3;1H/t12-;/m0./s1. The van der Waals surface area contributed by atoms with Crippen LogP contribution >= 0.6 is 12.4 Å². The van der Waals surface area contributed by atoms with Gasteiger partial charge in [0.25, 0.3) is 0 Å². The van der Waals surface area contributed by atoms with Crippen LogP contribution in [0.3, 0.4) is 0 Å². The summed E-state index contributed by atoms with van der Waals surface area (Å²) in [5.74, 6) is 0. The fourth-order valence-electron chi connectivity index (χ4n) is 1.74. The number of benzene rings is 1. The Kier molecular flexibility index (Phi) is 5.47. The molecule has 0 fully saturated rings. The number of halogens is 1. The van der Waals surface area contributed by atoms with Crippen molar-refractivity contribution in [1.29, 1.82) is 0 Å². The average Bonchev–Trinajstić information content (AvgIpc) is 2.15. The van der Waals surface area contributed by atoms with Crippen LogP contribution in [0.2, 0.25) is 0 Å². The van der Waals surface area contributed by atoms with Gasteiger partial charge < -0.3 is 10.8 Å². The molecule has 3 N–H and O–H groups in total. The number of nitrogens with two attached hydrogens (primary N) is 1. The van der Waals surface area contributed by atoms with E-state index in [0.717, 1.165) is 5.56 Å². The van der Waals surface area contributed by atoms with Crippen molar-refractivity contribution >= 4 is 12.4 Å². The molecule has 3 heteroatoms. The van der Waals surface area contributed by atoms with Crippen LogP contribution in [0.1, 0.15) is 36.6 Å². The minimum atomic E-state index is -0.278. The van der Waals surface area contributed by atoms with E-state index in [9.17, 15) is 5.11 Å². The van der Waals surface area contributed by atoms with Gasteiger partial charge in [0.1, 0.15) is 0 Å². The molecule has 0 saturated heterocycles. The zero-order valence-corrected chi connectivity index (χ0v) is 11.3. The summed E-state index contributed by atoms with van der Waals surface area (Å²) in [4.78, 5) is 0. The monoisotopic (exact) mass is 243 g/mol. The molecule has 0 spiro atoms. The average molecular weight is 244 g/mol. The van der Waals surface area contributed by atoms with Crippen LogP contribution in [0.5, 0.6) is 0 Å². The van der Waals surface area contributed by atoms with Crippen molar-refractivity contribution in [2.45, 2.75) is 33.7 Å². The van der Waals surface area contributed by atoms with Crippen molar-refractivity contribution in [3.63, 3.8) is 0 Å². The van der Waals surface area contributed by atoms with E-state index in [2.05, 4.69) is 32.0 Å². The molecule has 0 aromatic heterocycles. The molecular weight excluding hydrogens is 222 g/mol. The van der Waals surface area contributed by atoms with Gasteiger partial charge in [0.2, 0.25) is 0 Å². The minimum Gasteiger partial charge on any atom is -0.396 e. The van der Waals surface area contributed by atoms with Gasteiger partial charge in [-0.05, 0) is 19.4 Å². The maximum Gasteiger partial charge on any atom is 0.0500 e. The number of hydrogen-bond acceptors (Lipinski definition) is 2. The van der Waals surface area contributed by atoms with E-state index in [-0.39, 0.29) is 30.5 Å². The summed E-state index contributed by atoms with van der Waals surface area (Å²) in [7, 11) is 0. The molecule has 0 bridgehead atoms. The van der Waals surface area contributed by atoms with Gasteiger partial charge in [-0.15, -0.1) is 12.4 Å². The number of aliphatic hydroxyl groups is 1. The SMILES string of the molecule is Cc1cc(C)cc([C@H](N)C(C)(C)CO)c1.Cl. The molecule has 2 nitrogen and oxygen atoms in total. The lowest BCUT2D eigenvalue weighted by Gasteiger charge is -2.30. The first-order valence-corrected chi connectivity index (χ1v) is 5.31. The van der Waals surface area contributed by atoms with Crippen LogP contribution in [-0.2, 0) is 0 Å². The van der Waals surface area contributed by atoms with E-state index in [4.69, 9.17) is 5.73 Å². The molecule has 0 radical (unpaired) electrons. The van der Waals surface area contributed by atoms with Gasteiger partial charge in [-0.25, -0.2) is 0 Å². The summed E-state index contributed by atoms with van der Waals surface area (Å²) in [6.45, 7) is 8.19. The number of hydrogen-bond donors (Lipinski definition) is 2. The first kappa shape index (κ1) is 15.4. The summed E-state index contributed by atoms with van der Waals surface area (Å²) in [5.41, 5.74) is 9.42. The summed E-state index contributed by atoms with van der Waals surface area (Å²) in [6.07, 6.45) is 0. The Labute approximate surface area is 104 Å². The molecule has 0 aliphatic heterocycles. The molecule has 0 aliphatic rings. The second-order valence-corrected chi connectivity index (χ2v) is 5.05. The lowest BCUT2D eigenvalue weighted by atomic mass is 9.81. The molecule has 92 valence electrons. The van der Waals surface area contributed by atoms with E-state index < -0.39 is 0 Å². The van der Waals surface area contributed by atoms with E-state index >= 15 is 0 Å². The van der Waals surface area contributed by atoms with E-state index in [1.165, 1.54) is 11.1 Å². The first-order chi connectivity index (χ1) is 6.86. The fraction of sp³-hybridized carbons (Fsp3) is 0.538. The molecule has 1 aromatic carbocycles. The van der Waals surface area contributed by atoms with E-state index in [1.54, 1.807) is 0 Å². The second kappa shape index (κ2) is 5.67. The zero-order valence-electron chi connectivity index (χ0n) is 10.4. The van der Waals surface area contributed by atoms with Gasteiger partial charge in [-0.1, -0.05) is 43.2 Å². The number of aryl methyl sites for hydroxylation is 2. The van der Waals surface area contributed by atoms with Gasteiger partial charge in [0.05, 0.1) is 0 Å². The highest BCUT2D eigenvalue weighted by Crippen LogP contribution is 2.31. The normalized spacial score (nSPS) is 13.1. The Balaban J connectivity index is 0.00000225. The zero-order chi connectivity index (χ0) is 11.6. The fourth-order valence-corrected chi connectivity index (χ4v) is 1.74. The first-order valence-electron chi connectivity index (χ1n) is 5.31. The minimum absolute atomic E-state index is 0. The van der Waals surface area contributed by atoms with Crippen LogP contribution in [-0.4, -0.2) is 11.7 Å². The number of aliphatic hydroxyl groups excluding tert-OH is 1. The second-order valence-electron chi connectivity index (χ2n) is 5.05. The highest BCUT2D eigenvalue weighted by atomic mass is 35.5. The largest absolute Gasteiger partial charge is 0.396 e. The highest BCUT2D eigenvalue weighted by molar-refractivity contribution is 5.85. The predicted octanol–water partition coefficient (Wildman–Crippen LogP) is 2.74. The third-order valence-corrected chi connectivity index (χ3v) is 2.85. The Morgan fingerprint density at radius 3 is 2.00 bits per heavy atom. The van der Waals surface area contributed by atoms with Gasteiger partial charge in [0.15, 0.2) is 0 Å². The molecule has 1 atom stereocenters. The molecule has 1 rings (SSSR count). The van der Waals surface area contributed by atoms with E-state index in [0.29, 0.717) is 0 Å². The van der Waals surface area contributed by atoms with Crippen LogP contribution in [0.25, 0.3) is 0 Å². The van der Waals surface area contributed by atoms with Gasteiger partial charge >= 0.3 is 0 Å². The maximum absolute atomic E-state index is 9.28.